The van der Waals surface area contributed by atoms with E-state index in [0.29, 0.717) is 6.54 Å². The SMILES string of the molecule is [CH2]CN1CCN(C(=O)NCC=C)CC1. The van der Waals surface area contributed by atoms with E-state index in [0.717, 1.165) is 32.7 Å². The Bertz CT molecular complexity index is 198. The Morgan fingerprint density at radius 1 is 1.36 bits per heavy atom. The quantitative estimate of drug-likeness (QED) is 0.660. The fourth-order valence-electron chi connectivity index (χ4n) is 1.45. The number of carbonyl (C=O) groups excluding carboxylic acids is 1. The zero-order valence-electron chi connectivity index (χ0n) is 8.54. The highest BCUT2D eigenvalue weighted by molar-refractivity contribution is 5.74. The monoisotopic (exact) mass is 196 g/mol. The predicted molar refractivity (Wildman–Crippen MR) is 57.0 cm³/mol. The molecule has 1 fully saturated rings. The second kappa shape index (κ2) is 5.65. The molecule has 0 aromatic carbocycles. The van der Waals surface area contributed by atoms with Crippen molar-refractivity contribution in [3.05, 3.63) is 19.6 Å². The van der Waals surface area contributed by atoms with Crippen LogP contribution in [0.15, 0.2) is 12.7 Å². The number of piperazine rings is 1. The highest BCUT2D eigenvalue weighted by atomic mass is 16.2. The lowest BCUT2D eigenvalue weighted by atomic mass is 10.3. The van der Waals surface area contributed by atoms with Crippen LogP contribution in [0.2, 0.25) is 0 Å². The molecule has 0 spiro atoms. The molecule has 0 aromatic heterocycles. The number of nitrogens with one attached hydrogen (secondary N) is 1. The Hall–Kier alpha value is -1.03. The Labute approximate surface area is 85.6 Å². The van der Waals surface area contributed by atoms with Gasteiger partial charge in [0.2, 0.25) is 0 Å². The first-order valence-electron chi connectivity index (χ1n) is 4.93. The first-order valence-corrected chi connectivity index (χ1v) is 4.93. The highest BCUT2D eigenvalue weighted by Crippen LogP contribution is 2.00. The van der Waals surface area contributed by atoms with Crippen LogP contribution in [-0.2, 0) is 0 Å². The van der Waals surface area contributed by atoms with Crippen LogP contribution in [0.5, 0.6) is 0 Å². The van der Waals surface area contributed by atoms with Crippen molar-refractivity contribution in [3.8, 4) is 0 Å². The third-order valence-electron chi connectivity index (χ3n) is 2.37. The van der Waals surface area contributed by atoms with Gasteiger partial charge in [0.05, 0.1) is 0 Å². The largest absolute Gasteiger partial charge is 0.335 e. The summed E-state index contributed by atoms with van der Waals surface area (Å²) in [6, 6.07) is 0.00797. The Morgan fingerprint density at radius 2 is 2.00 bits per heavy atom. The summed E-state index contributed by atoms with van der Waals surface area (Å²) in [5, 5.41) is 2.77. The second-order valence-corrected chi connectivity index (χ2v) is 3.30. The molecule has 79 valence electrons. The lowest BCUT2D eigenvalue weighted by Crippen LogP contribution is -2.51. The summed E-state index contributed by atoms with van der Waals surface area (Å²) in [5.74, 6) is 0. The van der Waals surface area contributed by atoms with Crippen molar-refractivity contribution in [2.45, 2.75) is 0 Å². The molecule has 0 saturated carbocycles. The summed E-state index contributed by atoms with van der Waals surface area (Å²) in [6.45, 7) is 12.2. The van der Waals surface area contributed by atoms with Crippen molar-refractivity contribution >= 4 is 6.03 Å². The Balaban J connectivity index is 2.26. The predicted octanol–water partition coefficient (Wildman–Crippen LogP) is 0.334. The standard InChI is InChI=1S/C10H18N3O/c1-3-5-11-10(14)13-8-6-12(4-2)7-9-13/h3H,1-2,4-9H2,(H,11,14). The number of nitrogens with zero attached hydrogens (tertiary/aromatic N) is 2. The molecule has 4 heteroatoms. The molecule has 1 aliphatic rings. The molecule has 1 N–H and O–H groups in total. The average Bonchev–Trinajstić information content (AvgIpc) is 2.26. The van der Waals surface area contributed by atoms with Gasteiger partial charge in [-0.1, -0.05) is 6.08 Å². The third kappa shape index (κ3) is 3.03. The van der Waals surface area contributed by atoms with Crippen molar-refractivity contribution in [1.82, 2.24) is 15.1 Å². The van der Waals surface area contributed by atoms with Crippen LogP contribution < -0.4 is 5.32 Å². The molecule has 1 radical (unpaired) electrons. The van der Waals surface area contributed by atoms with E-state index in [1.165, 1.54) is 0 Å². The van der Waals surface area contributed by atoms with Gasteiger partial charge in [0.25, 0.3) is 0 Å². The van der Waals surface area contributed by atoms with Gasteiger partial charge in [-0.2, -0.15) is 0 Å². The van der Waals surface area contributed by atoms with E-state index in [-0.39, 0.29) is 6.03 Å². The van der Waals surface area contributed by atoms with Crippen molar-refractivity contribution in [2.75, 3.05) is 39.3 Å². The number of carbonyl (C=O) groups is 1. The summed E-state index contributed by atoms with van der Waals surface area (Å²) in [7, 11) is 0. The molecule has 4 nitrogen and oxygen atoms in total. The number of rotatable bonds is 3. The van der Waals surface area contributed by atoms with E-state index in [2.05, 4.69) is 23.7 Å². The van der Waals surface area contributed by atoms with Crippen molar-refractivity contribution in [1.29, 1.82) is 0 Å². The minimum Gasteiger partial charge on any atom is -0.335 e. The number of hydrogen-bond donors (Lipinski definition) is 1. The fourth-order valence-corrected chi connectivity index (χ4v) is 1.45. The van der Waals surface area contributed by atoms with Gasteiger partial charge in [0.1, 0.15) is 0 Å². The number of urea groups is 1. The maximum absolute atomic E-state index is 11.5. The van der Waals surface area contributed by atoms with Gasteiger partial charge < -0.3 is 10.2 Å². The minimum atomic E-state index is 0.00797. The molecular weight excluding hydrogens is 178 g/mol. The van der Waals surface area contributed by atoms with Gasteiger partial charge in [0, 0.05) is 32.7 Å². The van der Waals surface area contributed by atoms with Crippen molar-refractivity contribution in [3.63, 3.8) is 0 Å². The maximum Gasteiger partial charge on any atom is 0.317 e. The van der Waals surface area contributed by atoms with Crippen LogP contribution in [0.1, 0.15) is 0 Å². The van der Waals surface area contributed by atoms with E-state index in [1.807, 2.05) is 4.90 Å². The molecular formula is C10H18N3O. The van der Waals surface area contributed by atoms with Crippen molar-refractivity contribution in [2.24, 2.45) is 0 Å². The van der Waals surface area contributed by atoms with E-state index < -0.39 is 0 Å². The van der Waals surface area contributed by atoms with Gasteiger partial charge in [0.15, 0.2) is 0 Å². The summed E-state index contributed by atoms with van der Waals surface area (Å²) in [5.41, 5.74) is 0. The van der Waals surface area contributed by atoms with Crippen LogP contribution in [-0.4, -0.2) is 55.1 Å². The van der Waals surface area contributed by atoms with Crippen LogP contribution in [0, 0.1) is 6.92 Å². The fraction of sp³-hybridized carbons (Fsp3) is 0.600. The summed E-state index contributed by atoms with van der Waals surface area (Å²) < 4.78 is 0. The van der Waals surface area contributed by atoms with Crippen LogP contribution in [0.25, 0.3) is 0 Å². The molecule has 1 rings (SSSR count). The zero-order valence-corrected chi connectivity index (χ0v) is 8.54. The molecule has 0 unspecified atom stereocenters. The molecule has 1 aliphatic heterocycles. The van der Waals surface area contributed by atoms with E-state index in [1.54, 1.807) is 6.08 Å². The topological polar surface area (TPSA) is 35.6 Å². The van der Waals surface area contributed by atoms with Crippen LogP contribution in [0.4, 0.5) is 4.79 Å². The van der Waals surface area contributed by atoms with Crippen LogP contribution in [0.3, 0.4) is 0 Å². The Kier molecular flexibility index (Phi) is 4.46. The normalized spacial score (nSPS) is 17.9. The first-order chi connectivity index (χ1) is 6.77. The molecule has 2 amide bonds. The Morgan fingerprint density at radius 3 is 2.50 bits per heavy atom. The van der Waals surface area contributed by atoms with E-state index >= 15 is 0 Å². The third-order valence-corrected chi connectivity index (χ3v) is 2.37. The molecule has 1 saturated heterocycles. The lowest BCUT2D eigenvalue weighted by molar-refractivity contribution is 0.147. The summed E-state index contributed by atoms with van der Waals surface area (Å²) in [4.78, 5) is 15.5. The molecule has 0 aliphatic carbocycles. The lowest BCUT2D eigenvalue weighted by Gasteiger charge is -2.33. The van der Waals surface area contributed by atoms with Gasteiger partial charge >= 0.3 is 6.03 Å². The molecule has 0 atom stereocenters. The summed E-state index contributed by atoms with van der Waals surface area (Å²) in [6.07, 6.45) is 1.68. The first kappa shape index (κ1) is 11.0. The molecule has 1 heterocycles. The maximum atomic E-state index is 11.5. The van der Waals surface area contributed by atoms with E-state index in [9.17, 15) is 4.79 Å². The average molecular weight is 196 g/mol. The molecule has 0 bridgehead atoms. The van der Waals surface area contributed by atoms with Gasteiger partial charge in [-0.25, -0.2) is 4.79 Å². The minimum absolute atomic E-state index is 0.00797. The van der Waals surface area contributed by atoms with Crippen molar-refractivity contribution < 1.29 is 4.79 Å². The second-order valence-electron chi connectivity index (χ2n) is 3.30. The van der Waals surface area contributed by atoms with Gasteiger partial charge in [-0.05, 0) is 13.5 Å². The smallest absolute Gasteiger partial charge is 0.317 e. The molecule has 14 heavy (non-hydrogen) atoms. The number of hydrogen-bond acceptors (Lipinski definition) is 2. The number of amides is 2. The summed E-state index contributed by atoms with van der Waals surface area (Å²) >= 11 is 0. The van der Waals surface area contributed by atoms with Gasteiger partial charge in [-0.15, -0.1) is 6.58 Å². The van der Waals surface area contributed by atoms with E-state index in [4.69, 9.17) is 0 Å². The van der Waals surface area contributed by atoms with Gasteiger partial charge in [-0.3, -0.25) is 4.90 Å². The van der Waals surface area contributed by atoms with Crippen LogP contribution >= 0.6 is 0 Å². The zero-order chi connectivity index (χ0) is 10.4. The molecule has 0 aromatic rings. The highest BCUT2D eigenvalue weighted by Gasteiger charge is 2.18.